The second kappa shape index (κ2) is 7.92. The summed E-state index contributed by atoms with van der Waals surface area (Å²) in [7, 11) is -3.45. The van der Waals surface area contributed by atoms with Gasteiger partial charge in [0, 0.05) is 31.6 Å². The van der Waals surface area contributed by atoms with Gasteiger partial charge in [0.2, 0.25) is 15.9 Å². The van der Waals surface area contributed by atoms with Crippen LogP contribution in [0, 0.1) is 11.8 Å². The molecular weight excluding hydrogens is 360 g/mol. The molecule has 1 saturated carbocycles. The van der Waals surface area contributed by atoms with Gasteiger partial charge >= 0.3 is 0 Å². The molecule has 1 aliphatic carbocycles. The van der Waals surface area contributed by atoms with Crippen molar-refractivity contribution in [2.75, 3.05) is 19.6 Å². The SMILES string of the molecule is O=C(C1CCN(S(=O)(=O)c2ccccc2)CC1)N1CCC[C@H]2CCCC[C@H]21. The van der Waals surface area contributed by atoms with E-state index in [1.54, 1.807) is 28.6 Å². The zero-order valence-electron chi connectivity index (χ0n) is 15.9. The van der Waals surface area contributed by atoms with E-state index in [9.17, 15) is 13.2 Å². The lowest BCUT2D eigenvalue weighted by Gasteiger charge is -2.46. The van der Waals surface area contributed by atoms with E-state index in [1.807, 2.05) is 6.07 Å². The first-order valence-corrected chi connectivity index (χ1v) is 11.9. The summed E-state index contributed by atoms with van der Waals surface area (Å²) < 4.78 is 27.1. The molecule has 2 saturated heterocycles. The van der Waals surface area contributed by atoms with Crippen molar-refractivity contribution in [3.05, 3.63) is 30.3 Å². The van der Waals surface area contributed by atoms with Crippen LogP contribution in [0.25, 0.3) is 0 Å². The number of hydrogen-bond acceptors (Lipinski definition) is 3. The number of likely N-dealkylation sites (tertiary alicyclic amines) is 1. The molecule has 6 heteroatoms. The molecule has 1 aromatic rings. The molecule has 5 nitrogen and oxygen atoms in total. The largest absolute Gasteiger partial charge is 0.339 e. The summed E-state index contributed by atoms with van der Waals surface area (Å²) in [6.45, 7) is 1.77. The summed E-state index contributed by atoms with van der Waals surface area (Å²) in [5.74, 6) is 0.950. The Kier molecular flexibility index (Phi) is 5.55. The van der Waals surface area contributed by atoms with Crippen LogP contribution in [0.15, 0.2) is 35.2 Å². The number of piperidine rings is 2. The second-order valence-electron chi connectivity index (χ2n) is 8.28. The Morgan fingerprint density at radius 1 is 0.852 bits per heavy atom. The predicted molar refractivity (Wildman–Crippen MR) is 105 cm³/mol. The first-order chi connectivity index (χ1) is 13.1. The molecule has 2 atom stereocenters. The fourth-order valence-corrected chi connectivity index (χ4v) is 6.71. The zero-order valence-corrected chi connectivity index (χ0v) is 16.7. The van der Waals surface area contributed by atoms with Crippen LogP contribution in [0.3, 0.4) is 0 Å². The lowest BCUT2D eigenvalue weighted by molar-refractivity contribution is -0.143. The molecule has 0 aromatic heterocycles. The van der Waals surface area contributed by atoms with Gasteiger partial charge in [0.1, 0.15) is 0 Å². The van der Waals surface area contributed by atoms with Crippen molar-refractivity contribution in [3.63, 3.8) is 0 Å². The Hall–Kier alpha value is -1.40. The third-order valence-electron chi connectivity index (χ3n) is 6.71. The molecule has 4 rings (SSSR count). The highest BCUT2D eigenvalue weighted by Crippen LogP contribution is 2.37. The smallest absolute Gasteiger partial charge is 0.243 e. The van der Waals surface area contributed by atoms with Crippen molar-refractivity contribution in [1.29, 1.82) is 0 Å². The third kappa shape index (κ3) is 3.79. The molecule has 2 heterocycles. The first-order valence-electron chi connectivity index (χ1n) is 10.4. The van der Waals surface area contributed by atoms with Crippen molar-refractivity contribution >= 4 is 15.9 Å². The zero-order chi connectivity index (χ0) is 18.9. The van der Waals surface area contributed by atoms with Crippen LogP contribution >= 0.6 is 0 Å². The van der Waals surface area contributed by atoms with Crippen molar-refractivity contribution in [1.82, 2.24) is 9.21 Å². The van der Waals surface area contributed by atoms with Crippen LogP contribution < -0.4 is 0 Å². The highest BCUT2D eigenvalue weighted by Gasteiger charge is 2.39. The Bertz CT molecular complexity index is 755. The molecular formula is C21H30N2O3S. The minimum atomic E-state index is -3.45. The van der Waals surface area contributed by atoms with Gasteiger partial charge < -0.3 is 4.90 Å². The number of sulfonamides is 1. The number of benzene rings is 1. The summed E-state index contributed by atoms with van der Waals surface area (Å²) in [6.07, 6.45) is 8.62. The van der Waals surface area contributed by atoms with E-state index in [4.69, 9.17) is 0 Å². The van der Waals surface area contributed by atoms with Crippen molar-refractivity contribution in [3.8, 4) is 0 Å². The average Bonchev–Trinajstić information content (AvgIpc) is 2.73. The lowest BCUT2D eigenvalue weighted by Crippen LogP contribution is -2.53. The van der Waals surface area contributed by atoms with Gasteiger partial charge in [-0.3, -0.25) is 4.79 Å². The quantitative estimate of drug-likeness (QED) is 0.796. The summed E-state index contributed by atoms with van der Waals surface area (Å²) in [5, 5.41) is 0. The Morgan fingerprint density at radius 2 is 1.52 bits per heavy atom. The number of rotatable bonds is 3. The fraction of sp³-hybridized carbons (Fsp3) is 0.667. The van der Waals surface area contributed by atoms with Gasteiger partial charge in [-0.15, -0.1) is 0 Å². The maximum atomic E-state index is 13.2. The fourth-order valence-electron chi connectivity index (χ4n) is 5.22. The summed E-state index contributed by atoms with van der Waals surface area (Å²) in [5.41, 5.74) is 0. The summed E-state index contributed by atoms with van der Waals surface area (Å²) in [4.78, 5) is 15.7. The van der Waals surface area contributed by atoms with Gasteiger partial charge in [-0.1, -0.05) is 31.0 Å². The van der Waals surface area contributed by atoms with Crippen LogP contribution in [0.2, 0.25) is 0 Å². The molecule has 27 heavy (non-hydrogen) atoms. The molecule has 1 aromatic carbocycles. The van der Waals surface area contributed by atoms with E-state index in [0.29, 0.717) is 42.8 Å². The monoisotopic (exact) mass is 390 g/mol. The number of hydrogen-bond donors (Lipinski definition) is 0. The average molecular weight is 391 g/mol. The van der Waals surface area contributed by atoms with E-state index in [1.165, 1.54) is 25.7 Å². The highest BCUT2D eigenvalue weighted by molar-refractivity contribution is 7.89. The van der Waals surface area contributed by atoms with Crippen molar-refractivity contribution in [2.45, 2.75) is 62.3 Å². The number of amides is 1. The van der Waals surface area contributed by atoms with E-state index < -0.39 is 10.0 Å². The number of fused-ring (bicyclic) bond motifs is 1. The normalized spacial score (nSPS) is 27.9. The van der Waals surface area contributed by atoms with Gasteiger partial charge in [0.25, 0.3) is 0 Å². The summed E-state index contributed by atoms with van der Waals surface area (Å²) >= 11 is 0. The topological polar surface area (TPSA) is 57.7 Å². The van der Waals surface area contributed by atoms with Gasteiger partial charge in [0.15, 0.2) is 0 Å². The number of nitrogens with zero attached hydrogens (tertiary/aromatic N) is 2. The standard InChI is InChI=1S/C21H30N2O3S/c24-21(23-14-6-8-17-7-4-5-11-20(17)23)18-12-15-22(16-13-18)27(25,26)19-9-2-1-3-10-19/h1-3,9-10,17-18,20H,4-8,11-16H2/t17-,20-/m1/s1. The van der Waals surface area contributed by atoms with E-state index in [-0.39, 0.29) is 11.8 Å². The van der Waals surface area contributed by atoms with Crippen LogP contribution in [-0.2, 0) is 14.8 Å². The summed E-state index contributed by atoms with van der Waals surface area (Å²) in [6, 6.07) is 9.04. The predicted octanol–water partition coefficient (Wildman–Crippen LogP) is 3.27. The molecule has 0 N–H and O–H groups in total. The minimum Gasteiger partial charge on any atom is -0.339 e. The number of carbonyl (C=O) groups excluding carboxylic acids is 1. The maximum absolute atomic E-state index is 13.2. The molecule has 0 unspecified atom stereocenters. The van der Waals surface area contributed by atoms with Crippen LogP contribution in [0.4, 0.5) is 0 Å². The molecule has 3 fully saturated rings. The van der Waals surface area contributed by atoms with Gasteiger partial charge in [-0.05, 0) is 56.6 Å². The van der Waals surface area contributed by atoms with Gasteiger partial charge in [-0.25, -0.2) is 8.42 Å². The molecule has 2 aliphatic heterocycles. The Balaban J connectivity index is 1.39. The van der Waals surface area contributed by atoms with Crippen LogP contribution in [-0.4, -0.2) is 49.2 Å². The highest BCUT2D eigenvalue weighted by atomic mass is 32.2. The Morgan fingerprint density at radius 3 is 2.26 bits per heavy atom. The first kappa shape index (κ1) is 18.9. The van der Waals surface area contributed by atoms with Gasteiger partial charge in [0.05, 0.1) is 4.90 Å². The van der Waals surface area contributed by atoms with E-state index >= 15 is 0 Å². The molecule has 1 amide bonds. The molecule has 0 spiro atoms. The second-order valence-corrected chi connectivity index (χ2v) is 10.2. The molecule has 148 valence electrons. The molecule has 3 aliphatic rings. The lowest BCUT2D eigenvalue weighted by atomic mass is 9.77. The van der Waals surface area contributed by atoms with E-state index in [2.05, 4.69) is 4.90 Å². The Labute approximate surface area is 162 Å². The van der Waals surface area contributed by atoms with Gasteiger partial charge in [-0.2, -0.15) is 4.31 Å². The molecule has 0 radical (unpaired) electrons. The van der Waals surface area contributed by atoms with Crippen molar-refractivity contribution < 1.29 is 13.2 Å². The van der Waals surface area contributed by atoms with E-state index in [0.717, 1.165) is 19.4 Å². The van der Waals surface area contributed by atoms with Crippen molar-refractivity contribution in [2.24, 2.45) is 11.8 Å². The van der Waals surface area contributed by atoms with Crippen LogP contribution in [0.5, 0.6) is 0 Å². The molecule has 0 bridgehead atoms. The number of carbonyl (C=O) groups is 1. The minimum absolute atomic E-state index is 0.0205. The van der Waals surface area contributed by atoms with Crippen LogP contribution in [0.1, 0.15) is 51.4 Å². The third-order valence-corrected chi connectivity index (χ3v) is 8.62. The maximum Gasteiger partial charge on any atom is 0.243 e.